The molecule has 43 heavy (non-hydrogen) atoms. The number of nitrogens with one attached hydrogen (secondary N) is 2. The van der Waals surface area contributed by atoms with Gasteiger partial charge in [-0.2, -0.15) is 0 Å². The number of hydrogen-bond acceptors (Lipinski definition) is 2. The van der Waals surface area contributed by atoms with Crippen LogP contribution in [0.25, 0.3) is 0 Å². The first-order valence-electron chi connectivity index (χ1n) is 19.4. The van der Waals surface area contributed by atoms with Crippen LogP contribution in [-0.4, -0.2) is 55.4 Å². The van der Waals surface area contributed by atoms with E-state index >= 15 is 0 Å². The van der Waals surface area contributed by atoms with Crippen LogP contribution < -0.4 is 10.6 Å². The van der Waals surface area contributed by atoms with Gasteiger partial charge in [-0.15, -0.1) is 0 Å². The van der Waals surface area contributed by atoms with E-state index in [1.54, 1.807) is 32.1 Å². The summed E-state index contributed by atoms with van der Waals surface area (Å²) in [4.78, 5) is 9.79. The number of fused-ring (bicyclic) bond motifs is 10. The Labute approximate surface area is 256 Å². The van der Waals surface area contributed by atoms with Crippen LogP contribution in [0.4, 0.5) is 0 Å². The molecular formula is C37H60FeN2P2Si. The molecular weight excluding hydrogens is 618 g/mol. The summed E-state index contributed by atoms with van der Waals surface area (Å²) in [5, 5.41) is 9.72. The van der Waals surface area contributed by atoms with Crippen molar-refractivity contribution in [3.63, 3.8) is 0 Å². The van der Waals surface area contributed by atoms with Gasteiger partial charge in [0.2, 0.25) is 0 Å². The predicted molar refractivity (Wildman–Crippen MR) is 185 cm³/mol. The summed E-state index contributed by atoms with van der Waals surface area (Å²) in [6, 6.07) is 1.59. The Hall–Kier alpha value is 1.52. The van der Waals surface area contributed by atoms with Crippen molar-refractivity contribution in [3.05, 3.63) is 0 Å². The minimum atomic E-state index is -3.96. The van der Waals surface area contributed by atoms with Crippen molar-refractivity contribution in [2.24, 2.45) is 23.7 Å². The van der Waals surface area contributed by atoms with Crippen molar-refractivity contribution >= 4 is 25.2 Å². The Morgan fingerprint density at radius 3 is 1.70 bits per heavy atom. The van der Waals surface area contributed by atoms with Gasteiger partial charge in [-0.25, -0.2) is 0 Å². The molecule has 1 spiro atoms. The molecule has 12 heterocycles. The van der Waals surface area contributed by atoms with Gasteiger partial charge in [0.25, 0.3) is 0 Å². The van der Waals surface area contributed by atoms with Gasteiger partial charge in [0.05, 0.1) is 0 Å². The van der Waals surface area contributed by atoms with Crippen LogP contribution in [0.2, 0.25) is 65.9 Å². The Morgan fingerprint density at radius 1 is 0.791 bits per heavy atom. The first-order valence-corrected chi connectivity index (χ1v) is 31.2. The monoisotopic (exact) mass is 678 g/mol. The van der Waals surface area contributed by atoms with E-state index in [4.69, 9.17) is 0 Å². The minimum absolute atomic E-state index is 0.0811. The summed E-state index contributed by atoms with van der Waals surface area (Å²) in [5.74, 6) is 4.52. The fourth-order valence-electron chi connectivity index (χ4n) is 29.5. The molecule has 16 aliphatic rings. The Bertz CT molecular complexity index is 1820. The molecule has 240 valence electrons. The van der Waals surface area contributed by atoms with Crippen molar-refractivity contribution in [1.29, 1.82) is 0 Å². The molecule has 6 heteroatoms. The average Bonchev–Trinajstić information content (AvgIpc) is 3.74. The van der Waals surface area contributed by atoms with Gasteiger partial charge in [0.15, 0.2) is 0 Å². The summed E-state index contributed by atoms with van der Waals surface area (Å²) in [5.41, 5.74) is 1.15. The van der Waals surface area contributed by atoms with E-state index in [2.05, 4.69) is 60.3 Å². The number of hydrogen-bond donors (Lipinski definition) is 2. The molecule has 12 aliphatic heterocycles. The normalized spacial score (nSPS) is 80.9. The molecule has 9 unspecified atom stereocenters. The fourth-order valence-corrected chi connectivity index (χ4v) is 146. The third-order valence-corrected chi connectivity index (χ3v) is 85.3. The van der Waals surface area contributed by atoms with Crippen molar-refractivity contribution in [3.8, 4) is 0 Å². The average molecular weight is 679 g/mol. The van der Waals surface area contributed by atoms with E-state index in [-0.39, 0.29) is 7.92 Å². The van der Waals surface area contributed by atoms with E-state index in [0.717, 1.165) is 54.0 Å². The molecule has 2 nitrogen and oxygen atoms in total. The molecule has 0 aromatic rings. The van der Waals surface area contributed by atoms with Crippen LogP contribution in [0.3, 0.4) is 0 Å². The van der Waals surface area contributed by atoms with Crippen molar-refractivity contribution in [1.82, 2.24) is 10.6 Å². The number of rotatable bonds is 7. The topological polar surface area (TPSA) is 24.1 Å². The summed E-state index contributed by atoms with van der Waals surface area (Å²) >= 11 is 0. The summed E-state index contributed by atoms with van der Waals surface area (Å²) < 4.78 is 2.88. The van der Waals surface area contributed by atoms with E-state index in [0.29, 0.717) is 10.3 Å². The van der Waals surface area contributed by atoms with Gasteiger partial charge in [-0.1, -0.05) is 0 Å². The second kappa shape index (κ2) is 3.93. The Balaban J connectivity index is 1.00. The van der Waals surface area contributed by atoms with Crippen LogP contribution in [-0.2, 0) is 6.51 Å². The first-order chi connectivity index (χ1) is 20.2. The first kappa shape index (κ1) is 24.6. The molecule has 4 bridgehead atoms. The fraction of sp³-hybridized carbons (Fsp3) is 1.00. The van der Waals surface area contributed by atoms with Crippen LogP contribution in [0.1, 0.15) is 78.6 Å². The second-order valence-electron chi connectivity index (χ2n) is 24.2. The predicted octanol–water partition coefficient (Wildman–Crippen LogP) is 9.59. The zero-order valence-corrected chi connectivity index (χ0v) is 32.1. The van der Waals surface area contributed by atoms with Gasteiger partial charge in [-0.05, 0) is 0 Å². The van der Waals surface area contributed by atoms with E-state index in [1.165, 1.54) is 72.5 Å². The summed E-state index contributed by atoms with van der Waals surface area (Å²) in [6.07, 6.45) is 15.9. The van der Waals surface area contributed by atoms with Gasteiger partial charge >= 0.3 is 258 Å². The Morgan fingerprint density at radius 2 is 1.30 bits per heavy atom. The van der Waals surface area contributed by atoms with Crippen molar-refractivity contribution < 1.29 is 6.51 Å². The van der Waals surface area contributed by atoms with Gasteiger partial charge in [0.1, 0.15) is 0 Å². The Kier molecular flexibility index (Phi) is 2.25. The third-order valence-electron chi connectivity index (χ3n) is 26.1. The van der Waals surface area contributed by atoms with E-state index in [1.807, 2.05) is 6.16 Å². The van der Waals surface area contributed by atoms with E-state index in [9.17, 15) is 0 Å². The van der Waals surface area contributed by atoms with Gasteiger partial charge in [-0.3, -0.25) is 0 Å². The second-order valence-corrected chi connectivity index (χ2v) is 57.1. The van der Waals surface area contributed by atoms with Crippen LogP contribution in [0.15, 0.2) is 0 Å². The molecule has 16 rings (SSSR count). The summed E-state index contributed by atoms with van der Waals surface area (Å²) in [7, 11) is 2.82. The summed E-state index contributed by atoms with van der Waals surface area (Å²) in [6.45, 7) is 15.9. The van der Waals surface area contributed by atoms with Crippen molar-refractivity contribution in [2.75, 3.05) is 19.3 Å². The zero-order chi connectivity index (χ0) is 28.9. The van der Waals surface area contributed by atoms with Crippen LogP contribution >= 0.6 is 17.2 Å². The van der Waals surface area contributed by atoms with Crippen molar-refractivity contribution in [2.45, 2.75) is 173 Å². The third kappa shape index (κ3) is 0.695. The molecule has 4 aliphatic carbocycles. The maximum absolute atomic E-state index is 4.34. The molecule has 16 fully saturated rings. The van der Waals surface area contributed by atoms with Crippen LogP contribution in [0, 0.1) is 23.7 Å². The molecule has 0 radical (unpaired) electrons. The molecule has 0 aromatic carbocycles. The molecule has 0 aromatic heterocycles. The molecule has 12 saturated heterocycles. The molecule has 4 saturated carbocycles. The van der Waals surface area contributed by atoms with Gasteiger partial charge in [0, 0.05) is 0 Å². The zero-order valence-electron chi connectivity index (χ0n) is 27.9. The van der Waals surface area contributed by atoms with Crippen LogP contribution in [0.5, 0.6) is 0 Å². The molecule has 2 N–H and O–H groups in total. The van der Waals surface area contributed by atoms with Gasteiger partial charge < -0.3 is 0 Å². The SMILES string of the molecule is CC(C)(C)P(C[C]12[CH]3[C]4([Si](C)(C)C)[CH]5[C]1(C(P)(C1CCCN1)C1CCCN1)[Fe]35241678[CH]2[CH]1[CH]6[CH]7[CH]28)C1C2CC3CC(C2)CC1C3. The molecule has 0 amide bonds. The van der Waals surface area contributed by atoms with E-state index < -0.39 is 14.6 Å². The maximum atomic E-state index is 4.34. The quantitative estimate of drug-likeness (QED) is 0.207. The molecule has 9 atom stereocenters. The standard InChI is InChI=1S/C32H55N2P2Si.C5H5.Fe/c1-31(2,3)36(30-23-14-21-13-22(16-23)17-24(30)15-21)20-25-18-26(37(4,5)6)19-27(25)32(35,28-9-7-11-33-28)29-10-8-12-34-29;1-2-4-5-3-1;/h18-19,21-24,28-30,33-34H,7-17,20,35H2,1-6H3;1-5H;.